The van der Waals surface area contributed by atoms with E-state index in [1.54, 1.807) is 11.0 Å². The molecule has 20 heavy (non-hydrogen) atoms. The van der Waals surface area contributed by atoms with Crippen molar-refractivity contribution in [3.05, 3.63) is 33.3 Å². The van der Waals surface area contributed by atoms with E-state index in [1.807, 2.05) is 26.0 Å². The highest BCUT2D eigenvalue weighted by Gasteiger charge is 2.34. The fraction of sp³-hybridized carbons (Fsp3) is 0.429. The highest BCUT2D eigenvalue weighted by molar-refractivity contribution is 9.10. The van der Waals surface area contributed by atoms with Gasteiger partial charge < -0.3 is 10.2 Å². The van der Waals surface area contributed by atoms with Crippen molar-refractivity contribution in [2.45, 2.75) is 26.4 Å². The summed E-state index contributed by atoms with van der Waals surface area (Å²) in [6.45, 7) is 4.26. The van der Waals surface area contributed by atoms with Crippen molar-refractivity contribution in [2.75, 3.05) is 6.54 Å². The molecule has 0 aromatic heterocycles. The predicted octanol–water partition coefficient (Wildman–Crippen LogP) is 2.59. The van der Waals surface area contributed by atoms with Crippen LogP contribution >= 0.6 is 27.5 Å². The van der Waals surface area contributed by atoms with Crippen LogP contribution in [0.1, 0.15) is 19.4 Å². The zero-order valence-corrected chi connectivity index (χ0v) is 13.7. The molecular formula is C14H16BrClN2O2. The molecule has 1 heterocycles. The molecule has 108 valence electrons. The van der Waals surface area contributed by atoms with Gasteiger partial charge in [0.1, 0.15) is 6.04 Å². The first-order valence-corrected chi connectivity index (χ1v) is 7.57. The Morgan fingerprint density at radius 2 is 2.15 bits per heavy atom. The zero-order chi connectivity index (χ0) is 14.9. The minimum absolute atomic E-state index is 0.0569. The van der Waals surface area contributed by atoms with Crippen LogP contribution in [0, 0.1) is 5.92 Å². The smallest absolute Gasteiger partial charge is 0.246 e. The summed E-state index contributed by atoms with van der Waals surface area (Å²) in [5, 5.41) is 3.32. The van der Waals surface area contributed by atoms with Gasteiger partial charge in [0, 0.05) is 16.0 Å². The summed E-state index contributed by atoms with van der Waals surface area (Å²) in [5.41, 5.74) is 0.834. The third kappa shape index (κ3) is 3.33. The van der Waals surface area contributed by atoms with Gasteiger partial charge in [-0.25, -0.2) is 0 Å². The van der Waals surface area contributed by atoms with Crippen LogP contribution < -0.4 is 5.32 Å². The van der Waals surface area contributed by atoms with Gasteiger partial charge in [0.05, 0.1) is 6.54 Å². The molecule has 1 unspecified atom stereocenters. The maximum absolute atomic E-state index is 12.4. The molecule has 1 aliphatic heterocycles. The van der Waals surface area contributed by atoms with E-state index in [1.165, 1.54) is 0 Å². The molecule has 1 aromatic rings. The summed E-state index contributed by atoms with van der Waals surface area (Å²) >= 11 is 9.51. The van der Waals surface area contributed by atoms with E-state index in [9.17, 15) is 9.59 Å². The molecular weight excluding hydrogens is 344 g/mol. The number of benzene rings is 1. The number of halogens is 2. The Kier molecular flexibility index (Phi) is 4.70. The number of rotatable bonds is 3. The van der Waals surface area contributed by atoms with Crippen molar-refractivity contribution in [3.8, 4) is 0 Å². The Labute approximate surface area is 131 Å². The lowest BCUT2D eigenvalue weighted by Gasteiger charge is -2.34. The highest BCUT2D eigenvalue weighted by atomic mass is 79.9. The molecule has 2 rings (SSSR count). The minimum atomic E-state index is -0.453. The summed E-state index contributed by atoms with van der Waals surface area (Å²) in [7, 11) is 0. The van der Waals surface area contributed by atoms with E-state index in [4.69, 9.17) is 11.6 Å². The third-order valence-corrected chi connectivity index (χ3v) is 4.12. The fourth-order valence-corrected chi connectivity index (χ4v) is 2.90. The van der Waals surface area contributed by atoms with Gasteiger partial charge >= 0.3 is 0 Å². The van der Waals surface area contributed by atoms with Gasteiger partial charge in [-0.05, 0) is 23.6 Å². The quantitative estimate of drug-likeness (QED) is 0.902. The number of carbonyl (C=O) groups excluding carboxylic acids is 2. The Morgan fingerprint density at radius 1 is 1.45 bits per heavy atom. The van der Waals surface area contributed by atoms with Crippen molar-refractivity contribution < 1.29 is 9.59 Å². The number of carbonyl (C=O) groups is 2. The van der Waals surface area contributed by atoms with Gasteiger partial charge in [-0.3, -0.25) is 9.59 Å². The van der Waals surface area contributed by atoms with E-state index in [-0.39, 0.29) is 24.3 Å². The van der Waals surface area contributed by atoms with E-state index < -0.39 is 6.04 Å². The molecule has 0 bridgehead atoms. The monoisotopic (exact) mass is 358 g/mol. The van der Waals surface area contributed by atoms with E-state index in [2.05, 4.69) is 21.2 Å². The highest BCUT2D eigenvalue weighted by Crippen LogP contribution is 2.23. The fourth-order valence-electron chi connectivity index (χ4n) is 2.17. The van der Waals surface area contributed by atoms with Gasteiger partial charge in [0.2, 0.25) is 11.8 Å². The van der Waals surface area contributed by atoms with Crippen molar-refractivity contribution in [1.29, 1.82) is 0 Å². The van der Waals surface area contributed by atoms with Gasteiger partial charge in [-0.15, -0.1) is 0 Å². The second kappa shape index (κ2) is 6.14. The topological polar surface area (TPSA) is 49.4 Å². The lowest BCUT2D eigenvalue weighted by atomic mass is 10.0. The SMILES string of the molecule is CC(C)C1NC(=O)CN(Cc2ccc(Br)cc2Cl)C1=O. The second-order valence-electron chi connectivity index (χ2n) is 5.22. The molecule has 1 atom stereocenters. The maximum Gasteiger partial charge on any atom is 0.246 e. The van der Waals surface area contributed by atoms with E-state index in [0.29, 0.717) is 11.6 Å². The molecule has 1 saturated heterocycles. The molecule has 0 aliphatic carbocycles. The van der Waals surface area contributed by atoms with E-state index in [0.717, 1.165) is 10.0 Å². The van der Waals surface area contributed by atoms with Crippen LogP contribution in [0.3, 0.4) is 0 Å². The van der Waals surface area contributed by atoms with E-state index >= 15 is 0 Å². The standard InChI is InChI=1S/C14H16BrClN2O2/c1-8(2)13-14(20)18(7-12(19)17-13)6-9-3-4-10(15)5-11(9)16/h3-5,8,13H,6-7H2,1-2H3,(H,17,19). The summed E-state index contributed by atoms with van der Waals surface area (Å²) in [6.07, 6.45) is 0. The summed E-state index contributed by atoms with van der Waals surface area (Å²) in [6, 6.07) is 5.06. The van der Waals surface area contributed by atoms with Crippen LogP contribution in [0.4, 0.5) is 0 Å². The lowest BCUT2D eigenvalue weighted by Crippen LogP contribution is -2.59. The number of piperazine rings is 1. The van der Waals surface area contributed by atoms with Crippen LogP contribution in [-0.2, 0) is 16.1 Å². The first-order chi connectivity index (χ1) is 9.38. The van der Waals surface area contributed by atoms with Gasteiger partial charge in [-0.1, -0.05) is 47.4 Å². The van der Waals surface area contributed by atoms with Crippen molar-refractivity contribution in [1.82, 2.24) is 10.2 Å². The van der Waals surface area contributed by atoms with Crippen molar-refractivity contribution in [3.63, 3.8) is 0 Å². The molecule has 1 N–H and O–H groups in total. The molecule has 0 radical (unpaired) electrons. The average Bonchev–Trinajstić information content (AvgIpc) is 2.36. The summed E-state index contributed by atoms with van der Waals surface area (Å²) < 4.78 is 0.883. The van der Waals surface area contributed by atoms with Gasteiger partial charge in [-0.2, -0.15) is 0 Å². The largest absolute Gasteiger partial charge is 0.343 e. The lowest BCUT2D eigenvalue weighted by molar-refractivity contribution is -0.146. The number of hydrogen-bond acceptors (Lipinski definition) is 2. The number of amides is 2. The number of nitrogens with zero attached hydrogens (tertiary/aromatic N) is 1. The maximum atomic E-state index is 12.4. The van der Waals surface area contributed by atoms with Crippen LogP contribution in [0.5, 0.6) is 0 Å². The Hall–Kier alpha value is -1.07. The average molecular weight is 360 g/mol. The molecule has 0 spiro atoms. The number of hydrogen-bond donors (Lipinski definition) is 1. The molecule has 6 heteroatoms. The first-order valence-electron chi connectivity index (χ1n) is 6.40. The molecule has 1 aromatic carbocycles. The molecule has 2 amide bonds. The minimum Gasteiger partial charge on any atom is -0.343 e. The van der Waals surface area contributed by atoms with Crippen molar-refractivity contribution >= 4 is 39.3 Å². The molecule has 1 aliphatic rings. The Bertz CT molecular complexity index is 548. The third-order valence-electron chi connectivity index (χ3n) is 3.27. The van der Waals surface area contributed by atoms with Crippen molar-refractivity contribution in [2.24, 2.45) is 5.92 Å². The zero-order valence-electron chi connectivity index (χ0n) is 11.3. The van der Waals surface area contributed by atoms with Crippen LogP contribution in [0.2, 0.25) is 5.02 Å². The first kappa shape index (κ1) is 15.3. The molecule has 4 nitrogen and oxygen atoms in total. The second-order valence-corrected chi connectivity index (χ2v) is 6.54. The molecule has 0 saturated carbocycles. The number of nitrogens with one attached hydrogen (secondary N) is 1. The summed E-state index contributed by atoms with van der Waals surface area (Å²) in [5.74, 6) is -0.121. The van der Waals surface area contributed by atoms with Crippen LogP contribution in [-0.4, -0.2) is 29.3 Å². The van der Waals surface area contributed by atoms with Gasteiger partial charge in [0.25, 0.3) is 0 Å². The predicted molar refractivity (Wildman–Crippen MR) is 81.3 cm³/mol. The Morgan fingerprint density at radius 3 is 2.75 bits per heavy atom. The van der Waals surface area contributed by atoms with Crippen LogP contribution in [0.25, 0.3) is 0 Å². The van der Waals surface area contributed by atoms with Crippen LogP contribution in [0.15, 0.2) is 22.7 Å². The normalized spacial score (nSPS) is 19.4. The summed E-state index contributed by atoms with van der Waals surface area (Å²) in [4.78, 5) is 25.6. The van der Waals surface area contributed by atoms with Gasteiger partial charge in [0.15, 0.2) is 0 Å². The Balaban J connectivity index is 2.19. The molecule has 1 fully saturated rings.